The first-order valence-electron chi connectivity index (χ1n) is 7.59. The van der Waals surface area contributed by atoms with Crippen LogP contribution in [-0.4, -0.2) is 38.5 Å². The number of ether oxygens (including phenoxy) is 3. The molecule has 1 aliphatic carbocycles. The first kappa shape index (κ1) is 13.7. The van der Waals surface area contributed by atoms with Crippen molar-refractivity contribution in [1.29, 1.82) is 0 Å². The van der Waals surface area contributed by atoms with Crippen LogP contribution in [0.15, 0.2) is 24.3 Å². The van der Waals surface area contributed by atoms with Crippen LogP contribution in [0.1, 0.15) is 19.8 Å². The lowest BCUT2D eigenvalue weighted by molar-refractivity contribution is -0.0501. The van der Waals surface area contributed by atoms with Crippen LogP contribution in [-0.2, 0) is 4.74 Å². The SMILES string of the molecule is CCOc1ccccc1OC(C1CC1)[C@@H]1CNCCO1. The molecule has 1 aliphatic heterocycles. The lowest BCUT2D eigenvalue weighted by Crippen LogP contribution is -2.48. The Morgan fingerprint density at radius 2 is 2.10 bits per heavy atom. The van der Waals surface area contributed by atoms with Crippen LogP contribution in [0.3, 0.4) is 0 Å². The maximum Gasteiger partial charge on any atom is 0.161 e. The van der Waals surface area contributed by atoms with Crippen LogP contribution in [0.5, 0.6) is 11.5 Å². The van der Waals surface area contributed by atoms with Crippen LogP contribution < -0.4 is 14.8 Å². The molecule has 2 atom stereocenters. The highest BCUT2D eigenvalue weighted by Crippen LogP contribution is 2.39. The fourth-order valence-corrected chi connectivity index (χ4v) is 2.67. The van der Waals surface area contributed by atoms with E-state index in [-0.39, 0.29) is 12.2 Å². The van der Waals surface area contributed by atoms with Crippen molar-refractivity contribution in [2.45, 2.75) is 32.0 Å². The molecule has 1 saturated heterocycles. The van der Waals surface area contributed by atoms with E-state index in [0.29, 0.717) is 12.5 Å². The summed E-state index contributed by atoms with van der Waals surface area (Å²) in [4.78, 5) is 0. The van der Waals surface area contributed by atoms with E-state index in [9.17, 15) is 0 Å². The van der Waals surface area contributed by atoms with Gasteiger partial charge in [-0.3, -0.25) is 0 Å². The van der Waals surface area contributed by atoms with Crippen LogP contribution >= 0.6 is 0 Å². The Morgan fingerprint density at radius 3 is 2.75 bits per heavy atom. The van der Waals surface area contributed by atoms with E-state index >= 15 is 0 Å². The summed E-state index contributed by atoms with van der Waals surface area (Å²) in [6.07, 6.45) is 2.75. The summed E-state index contributed by atoms with van der Waals surface area (Å²) in [6.45, 7) is 5.21. The molecule has 0 spiro atoms. The molecule has 110 valence electrons. The zero-order valence-corrected chi connectivity index (χ0v) is 12.0. The summed E-state index contributed by atoms with van der Waals surface area (Å²) in [7, 11) is 0. The second-order valence-corrected chi connectivity index (χ2v) is 5.41. The Hall–Kier alpha value is -1.26. The van der Waals surface area contributed by atoms with Gasteiger partial charge in [0.05, 0.1) is 13.2 Å². The van der Waals surface area contributed by atoms with Crippen molar-refractivity contribution in [3.63, 3.8) is 0 Å². The third-order valence-corrected chi connectivity index (χ3v) is 3.82. The van der Waals surface area contributed by atoms with Crippen molar-refractivity contribution in [2.24, 2.45) is 5.92 Å². The molecule has 1 N–H and O–H groups in total. The minimum absolute atomic E-state index is 0.129. The molecule has 1 saturated carbocycles. The van der Waals surface area contributed by atoms with E-state index in [4.69, 9.17) is 14.2 Å². The van der Waals surface area contributed by atoms with Crippen LogP contribution in [0, 0.1) is 5.92 Å². The molecule has 1 aromatic rings. The number of hydrogen-bond donors (Lipinski definition) is 1. The standard InChI is InChI=1S/C16H23NO3/c1-2-18-13-5-3-4-6-14(13)20-16(12-7-8-12)15-11-17-9-10-19-15/h3-6,12,15-17H,2,7-11H2,1H3/t15-,16?/m0/s1. The molecular weight excluding hydrogens is 254 g/mol. The van der Waals surface area contributed by atoms with Gasteiger partial charge < -0.3 is 19.5 Å². The molecule has 1 heterocycles. The van der Waals surface area contributed by atoms with Crippen LogP contribution in [0.2, 0.25) is 0 Å². The Labute approximate surface area is 120 Å². The van der Waals surface area contributed by atoms with Gasteiger partial charge in [-0.25, -0.2) is 0 Å². The molecule has 0 radical (unpaired) electrons. The molecule has 4 heteroatoms. The van der Waals surface area contributed by atoms with Crippen molar-refractivity contribution in [1.82, 2.24) is 5.32 Å². The molecule has 0 bridgehead atoms. The highest BCUT2D eigenvalue weighted by Gasteiger charge is 2.40. The van der Waals surface area contributed by atoms with E-state index in [1.54, 1.807) is 0 Å². The zero-order valence-electron chi connectivity index (χ0n) is 12.0. The second-order valence-electron chi connectivity index (χ2n) is 5.41. The first-order valence-corrected chi connectivity index (χ1v) is 7.59. The molecule has 1 aromatic carbocycles. The average molecular weight is 277 g/mol. The summed E-state index contributed by atoms with van der Waals surface area (Å²) in [5.41, 5.74) is 0. The van der Waals surface area contributed by atoms with Crippen LogP contribution in [0.25, 0.3) is 0 Å². The molecule has 0 amide bonds. The van der Waals surface area contributed by atoms with Crippen molar-refractivity contribution >= 4 is 0 Å². The summed E-state index contributed by atoms with van der Waals surface area (Å²) in [6, 6.07) is 7.91. The number of para-hydroxylation sites is 2. The molecule has 2 fully saturated rings. The normalized spacial score (nSPS) is 24.1. The fourth-order valence-electron chi connectivity index (χ4n) is 2.67. The summed E-state index contributed by atoms with van der Waals surface area (Å²) >= 11 is 0. The molecule has 1 unspecified atom stereocenters. The Kier molecular flexibility index (Phi) is 4.43. The highest BCUT2D eigenvalue weighted by atomic mass is 16.6. The van der Waals surface area contributed by atoms with Gasteiger partial charge >= 0.3 is 0 Å². The van der Waals surface area contributed by atoms with Crippen molar-refractivity contribution in [3.8, 4) is 11.5 Å². The summed E-state index contributed by atoms with van der Waals surface area (Å²) < 4.78 is 17.8. The van der Waals surface area contributed by atoms with Gasteiger partial charge in [0.25, 0.3) is 0 Å². The van der Waals surface area contributed by atoms with Gasteiger partial charge in [-0.2, -0.15) is 0 Å². The van der Waals surface area contributed by atoms with Gasteiger partial charge in [0.2, 0.25) is 0 Å². The number of morpholine rings is 1. The quantitative estimate of drug-likeness (QED) is 0.865. The van der Waals surface area contributed by atoms with Gasteiger partial charge in [-0.05, 0) is 37.8 Å². The minimum atomic E-state index is 0.129. The maximum absolute atomic E-state index is 6.27. The van der Waals surface area contributed by atoms with E-state index in [2.05, 4.69) is 5.32 Å². The zero-order chi connectivity index (χ0) is 13.8. The Balaban J connectivity index is 1.72. The predicted octanol–water partition coefficient (Wildman–Crippen LogP) is 2.23. The van der Waals surface area contributed by atoms with Gasteiger partial charge in [0.1, 0.15) is 12.2 Å². The maximum atomic E-state index is 6.27. The predicted molar refractivity (Wildman–Crippen MR) is 77.4 cm³/mol. The fraction of sp³-hybridized carbons (Fsp3) is 0.625. The highest BCUT2D eigenvalue weighted by molar-refractivity contribution is 5.39. The Bertz CT molecular complexity index is 427. The van der Waals surface area contributed by atoms with Gasteiger partial charge in [-0.15, -0.1) is 0 Å². The van der Waals surface area contributed by atoms with E-state index in [0.717, 1.165) is 31.2 Å². The smallest absolute Gasteiger partial charge is 0.161 e. The van der Waals surface area contributed by atoms with Gasteiger partial charge in [0.15, 0.2) is 11.5 Å². The molecule has 2 aliphatic rings. The van der Waals surface area contributed by atoms with E-state index < -0.39 is 0 Å². The first-order chi connectivity index (χ1) is 9.88. The average Bonchev–Trinajstić information content (AvgIpc) is 3.32. The topological polar surface area (TPSA) is 39.7 Å². The lowest BCUT2D eigenvalue weighted by Gasteiger charge is -2.31. The lowest BCUT2D eigenvalue weighted by atomic mass is 10.1. The summed E-state index contributed by atoms with van der Waals surface area (Å²) in [5.74, 6) is 2.28. The van der Waals surface area contributed by atoms with Crippen LogP contribution in [0.4, 0.5) is 0 Å². The van der Waals surface area contributed by atoms with E-state index in [1.807, 2.05) is 31.2 Å². The van der Waals surface area contributed by atoms with Gasteiger partial charge in [0, 0.05) is 13.1 Å². The third kappa shape index (κ3) is 3.25. The van der Waals surface area contributed by atoms with Crippen molar-refractivity contribution in [3.05, 3.63) is 24.3 Å². The third-order valence-electron chi connectivity index (χ3n) is 3.82. The molecule has 3 rings (SSSR count). The van der Waals surface area contributed by atoms with Crippen molar-refractivity contribution < 1.29 is 14.2 Å². The molecular formula is C16H23NO3. The molecule has 4 nitrogen and oxygen atoms in total. The number of benzene rings is 1. The van der Waals surface area contributed by atoms with Gasteiger partial charge in [-0.1, -0.05) is 12.1 Å². The molecule has 20 heavy (non-hydrogen) atoms. The molecule has 0 aromatic heterocycles. The van der Waals surface area contributed by atoms with E-state index in [1.165, 1.54) is 12.8 Å². The number of nitrogens with one attached hydrogen (secondary N) is 1. The Morgan fingerprint density at radius 1 is 1.30 bits per heavy atom. The number of rotatable bonds is 6. The summed E-state index contributed by atoms with van der Waals surface area (Å²) in [5, 5.41) is 3.39. The monoisotopic (exact) mass is 277 g/mol. The second kappa shape index (κ2) is 6.46. The largest absolute Gasteiger partial charge is 0.490 e. The van der Waals surface area contributed by atoms with Crippen molar-refractivity contribution in [2.75, 3.05) is 26.3 Å². The number of hydrogen-bond acceptors (Lipinski definition) is 4. The minimum Gasteiger partial charge on any atom is -0.490 e.